The van der Waals surface area contributed by atoms with Gasteiger partial charge in [0.25, 0.3) is 5.91 Å². The van der Waals surface area contributed by atoms with Crippen LogP contribution in [0.25, 0.3) is 0 Å². The third-order valence-corrected chi connectivity index (χ3v) is 7.84. The molecule has 2 aromatic rings. The van der Waals surface area contributed by atoms with Crippen LogP contribution >= 0.6 is 11.6 Å². The van der Waals surface area contributed by atoms with Crippen LogP contribution in [0.2, 0.25) is 5.02 Å². The van der Waals surface area contributed by atoms with E-state index in [9.17, 15) is 19.2 Å². The van der Waals surface area contributed by atoms with E-state index in [-0.39, 0.29) is 40.9 Å². The standard InChI is InChI=1S/C28H30ClFN4O7/c1-39-26(37)31-17-7-5-16(6-8-17)24(35)32-21(14-18-4-2-13-40-18)25(36)34-12-3-11-28(15-34)22-20(33-27(38)41-28)10-9-19(29)23(22)30/h5-10,18,21H,2-4,11-15H2,1H3,(H,31,37)(H,32,35)(H,33,38)/t18-,21?,28-/m0/s1. The fraction of sp³-hybridized carbons (Fsp3) is 0.429. The first-order chi connectivity index (χ1) is 19.7. The molecule has 13 heteroatoms. The zero-order valence-corrected chi connectivity index (χ0v) is 23.1. The monoisotopic (exact) mass is 588 g/mol. The number of nitrogens with zero attached hydrogens (tertiary/aromatic N) is 1. The van der Waals surface area contributed by atoms with Gasteiger partial charge in [-0.05, 0) is 62.1 Å². The maximum Gasteiger partial charge on any atom is 0.412 e. The van der Waals surface area contributed by atoms with E-state index < -0.39 is 41.5 Å². The molecule has 3 N–H and O–H groups in total. The predicted molar refractivity (Wildman–Crippen MR) is 146 cm³/mol. The van der Waals surface area contributed by atoms with Crippen LogP contribution in [0.3, 0.4) is 0 Å². The molecule has 2 aromatic carbocycles. The van der Waals surface area contributed by atoms with Gasteiger partial charge in [0.2, 0.25) is 5.91 Å². The molecule has 5 rings (SSSR count). The number of piperidine rings is 1. The van der Waals surface area contributed by atoms with Crippen molar-refractivity contribution in [1.29, 1.82) is 0 Å². The predicted octanol–water partition coefficient (Wildman–Crippen LogP) is 4.40. The Kier molecular flexibility index (Phi) is 8.32. The molecule has 218 valence electrons. The summed E-state index contributed by atoms with van der Waals surface area (Å²) in [6, 6.07) is 8.03. The van der Waals surface area contributed by atoms with E-state index in [0.717, 1.165) is 12.8 Å². The summed E-state index contributed by atoms with van der Waals surface area (Å²) in [6.07, 6.45) is 0.953. The van der Waals surface area contributed by atoms with Crippen molar-refractivity contribution in [2.45, 2.75) is 49.9 Å². The number of amides is 4. The summed E-state index contributed by atoms with van der Waals surface area (Å²) < 4.78 is 31.3. The second-order valence-electron chi connectivity index (χ2n) is 10.2. The number of carbonyl (C=O) groups excluding carboxylic acids is 4. The van der Waals surface area contributed by atoms with Gasteiger partial charge in [0, 0.05) is 30.8 Å². The van der Waals surface area contributed by atoms with Gasteiger partial charge in [0.05, 0.1) is 36.0 Å². The lowest BCUT2D eigenvalue weighted by Gasteiger charge is -2.45. The van der Waals surface area contributed by atoms with Gasteiger partial charge < -0.3 is 24.4 Å². The molecule has 3 atom stereocenters. The molecule has 2 saturated heterocycles. The molecule has 11 nitrogen and oxygen atoms in total. The number of rotatable bonds is 6. The average Bonchev–Trinajstić information content (AvgIpc) is 3.47. The number of anilines is 2. The number of methoxy groups -OCH3 is 1. The van der Waals surface area contributed by atoms with Crippen LogP contribution in [-0.4, -0.2) is 67.9 Å². The van der Waals surface area contributed by atoms with Crippen LogP contribution in [0.1, 0.15) is 48.0 Å². The van der Waals surface area contributed by atoms with Crippen LogP contribution in [0.4, 0.5) is 25.4 Å². The maximum absolute atomic E-state index is 15.3. The van der Waals surface area contributed by atoms with Crippen molar-refractivity contribution < 1.29 is 37.8 Å². The van der Waals surface area contributed by atoms with Crippen molar-refractivity contribution in [2.75, 3.05) is 37.4 Å². The minimum absolute atomic E-state index is 0.0995. The molecule has 4 amide bonds. The average molecular weight is 589 g/mol. The van der Waals surface area contributed by atoms with Crippen molar-refractivity contribution in [1.82, 2.24) is 10.2 Å². The molecule has 0 aliphatic carbocycles. The molecule has 0 aromatic heterocycles. The Labute approximate surface area is 240 Å². The van der Waals surface area contributed by atoms with Gasteiger partial charge in [-0.2, -0.15) is 0 Å². The lowest BCUT2D eigenvalue weighted by atomic mass is 9.82. The first-order valence-electron chi connectivity index (χ1n) is 13.3. The first-order valence-corrected chi connectivity index (χ1v) is 13.7. The summed E-state index contributed by atoms with van der Waals surface area (Å²) in [4.78, 5) is 52.5. The summed E-state index contributed by atoms with van der Waals surface area (Å²) in [5, 5.41) is 7.73. The Morgan fingerprint density at radius 2 is 2.00 bits per heavy atom. The summed E-state index contributed by atoms with van der Waals surface area (Å²) >= 11 is 6.07. The molecule has 0 radical (unpaired) electrons. The van der Waals surface area contributed by atoms with Gasteiger partial charge in [-0.3, -0.25) is 20.2 Å². The normalized spacial score (nSPS) is 22.3. The van der Waals surface area contributed by atoms with E-state index in [1.165, 1.54) is 36.3 Å². The molecule has 2 fully saturated rings. The molecule has 3 aliphatic rings. The van der Waals surface area contributed by atoms with Crippen LogP contribution in [0.15, 0.2) is 36.4 Å². The Morgan fingerprint density at radius 3 is 2.71 bits per heavy atom. The van der Waals surface area contributed by atoms with E-state index in [4.69, 9.17) is 21.1 Å². The third kappa shape index (κ3) is 6.08. The zero-order chi connectivity index (χ0) is 29.1. The number of halogens is 2. The van der Waals surface area contributed by atoms with Crippen molar-refractivity contribution in [2.24, 2.45) is 0 Å². The van der Waals surface area contributed by atoms with Gasteiger partial charge >= 0.3 is 12.2 Å². The lowest BCUT2D eigenvalue weighted by molar-refractivity contribution is -0.142. The van der Waals surface area contributed by atoms with Gasteiger partial charge in [-0.1, -0.05) is 11.6 Å². The largest absolute Gasteiger partial charge is 0.453 e. The van der Waals surface area contributed by atoms with Crippen molar-refractivity contribution in [3.05, 3.63) is 58.4 Å². The quantitative estimate of drug-likeness (QED) is 0.455. The first kappa shape index (κ1) is 28.6. The number of likely N-dealkylation sites (tertiary alicyclic amines) is 1. The lowest BCUT2D eigenvalue weighted by Crippen LogP contribution is -2.57. The number of nitrogens with one attached hydrogen (secondary N) is 3. The van der Waals surface area contributed by atoms with Crippen LogP contribution in [-0.2, 0) is 24.6 Å². The maximum atomic E-state index is 15.3. The molecular weight excluding hydrogens is 559 g/mol. The summed E-state index contributed by atoms with van der Waals surface area (Å²) in [5.74, 6) is -1.60. The minimum atomic E-state index is -1.43. The van der Waals surface area contributed by atoms with Crippen LogP contribution in [0.5, 0.6) is 0 Å². The topological polar surface area (TPSA) is 135 Å². The Hall–Kier alpha value is -3.90. The molecule has 3 heterocycles. The fourth-order valence-corrected chi connectivity index (χ4v) is 5.77. The smallest absolute Gasteiger partial charge is 0.412 e. The molecule has 1 unspecified atom stereocenters. The summed E-state index contributed by atoms with van der Waals surface area (Å²) in [7, 11) is 1.24. The van der Waals surface area contributed by atoms with E-state index in [2.05, 4.69) is 20.7 Å². The van der Waals surface area contributed by atoms with Crippen LogP contribution < -0.4 is 16.0 Å². The Balaban J connectivity index is 1.37. The second kappa shape index (κ2) is 11.9. The Morgan fingerprint density at radius 1 is 1.22 bits per heavy atom. The molecule has 0 bridgehead atoms. The number of ether oxygens (including phenoxy) is 3. The molecule has 3 aliphatic heterocycles. The van der Waals surface area contributed by atoms with Gasteiger partial charge in [-0.15, -0.1) is 0 Å². The van der Waals surface area contributed by atoms with Crippen molar-refractivity contribution in [3.63, 3.8) is 0 Å². The summed E-state index contributed by atoms with van der Waals surface area (Å²) in [5.41, 5.74) is -0.377. The van der Waals surface area contributed by atoms with E-state index in [1.54, 1.807) is 12.1 Å². The van der Waals surface area contributed by atoms with Gasteiger partial charge in [-0.25, -0.2) is 14.0 Å². The number of benzene rings is 2. The summed E-state index contributed by atoms with van der Waals surface area (Å²) in [6.45, 7) is 0.797. The van der Waals surface area contributed by atoms with E-state index in [0.29, 0.717) is 31.7 Å². The van der Waals surface area contributed by atoms with Crippen molar-refractivity contribution in [3.8, 4) is 0 Å². The highest BCUT2D eigenvalue weighted by Crippen LogP contribution is 2.45. The highest BCUT2D eigenvalue weighted by Gasteiger charge is 2.49. The van der Waals surface area contributed by atoms with Crippen molar-refractivity contribution >= 4 is 47.0 Å². The number of hydrogen-bond acceptors (Lipinski definition) is 7. The molecular formula is C28H30ClFN4O7. The SMILES string of the molecule is COC(=O)Nc1ccc(C(=O)NC(C[C@@H]2CCCO2)C(=O)N2CCC[C@@]3(C2)OC(=O)Nc2ccc(Cl)c(F)c23)cc1. The molecule has 1 spiro atoms. The minimum Gasteiger partial charge on any atom is -0.453 e. The fourth-order valence-electron chi connectivity index (χ4n) is 5.61. The van der Waals surface area contributed by atoms with E-state index >= 15 is 4.39 Å². The molecule has 0 saturated carbocycles. The number of hydrogen-bond donors (Lipinski definition) is 3. The van der Waals surface area contributed by atoms with Crippen LogP contribution in [0, 0.1) is 5.82 Å². The zero-order valence-electron chi connectivity index (χ0n) is 22.3. The Bertz CT molecular complexity index is 1350. The highest BCUT2D eigenvalue weighted by molar-refractivity contribution is 6.31. The second-order valence-corrected chi connectivity index (χ2v) is 10.7. The van der Waals surface area contributed by atoms with Gasteiger partial charge in [0.1, 0.15) is 6.04 Å². The highest BCUT2D eigenvalue weighted by atomic mass is 35.5. The number of fused-ring (bicyclic) bond motifs is 2. The molecule has 41 heavy (non-hydrogen) atoms. The van der Waals surface area contributed by atoms with Gasteiger partial charge in [0.15, 0.2) is 11.4 Å². The third-order valence-electron chi connectivity index (χ3n) is 7.55. The number of carbonyl (C=O) groups is 4. The van der Waals surface area contributed by atoms with E-state index in [1.807, 2.05) is 0 Å².